The molecule has 2 heterocycles. The van der Waals surface area contributed by atoms with Crippen LogP contribution in [0.5, 0.6) is 0 Å². The van der Waals surface area contributed by atoms with Crippen LogP contribution in [0.4, 0.5) is 15.8 Å². The van der Waals surface area contributed by atoms with Crippen molar-refractivity contribution >= 4 is 17.7 Å². The predicted molar refractivity (Wildman–Crippen MR) is 116 cm³/mol. The van der Waals surface area contributed by atoms with Crippen LogP contribution in [0.1, 0.15) is 36.3 Å². The summed E-state index contributed by atoms with van der Waals surface area (Å²) >= 11 is 0. The van der Waals surface area contributed by atoms with E-state index in [1.807, 2.05) is 19.2 Å². The topological polar surface area (TPSA) is 35.6 Å². The summed E-state index contributed by atoms with van der Waals surface area (Å²) in [5, 5.41) is 3.30. The molecule has 2 atom stereocenters. The summed E-state index contributed by atoms with van der Waals surface area (Å²) < 4.78 is 13.0. The number of hydrogen-bond acceptors (Lipinski definition) is 4. The molecule has 2 aliphatic heterocycles. The second-order valence-corrected chi connectivity index (χ2v) is 8.16. The van der Waals surface area contributed by atoms with Crippen LogP contribution in [0.2, 0.25) is 0 Å². The Morgan fingerprint density at radius 1 is 1.17 bits per heavy atom. The quantitative estimate of drug-likeness (QED) is 0.540. The fourth-order valence-electron chi connectivity index (χ4n) is 5.06. The van der Waals surface area contributed by atoms with Gasteiger partial charge in [-0.25, -0.2) is 4.39 Å². The number of nitrogens with zero attached hydrogens (tertiary/aromatic N) is 2. The molecular weight excluding hydrogens is 365 g/mol. The molecule has 5 heteroatoms. The van der Waals surface area contributed by atoms with Gasteiger partial charge in [0.1, 0.15) is 12.1 Å². The van der Waals surface area contributed by atoms with Gasteiger partial charge in [-0.1, -0.05) is 24.3 Å². The molecule has 4 rings (SSSR count). The lowest BCUT2D eigenvalue weighted by Gasteiger charge is -2.38. The van der Waals surface area contributed by atoms with Crippen LogP contribution in [-0.4, -0.2) is 50.5 Å². The van der Waals surface area contributed by atoms with Gasteiger partial charge in [0.15, 0.2) is 0 Å². The van der Waals surface area contributed by atoms with Gasteiger partial charge < -0.3 is 19.9 Å². The van der Waals surface area contributed by atoms with E-state index in [4.69, 9.17) is 0 Å². The third kappa shape index (κ3) is 4.15. The number of benzene rings is 2. The molecule has 0 radical (unpaired) electrons. The summed E-state index contributed by atoms with van der Waals surface area (Å²) in [6.45, 7) is 3.69. The lowest BCUT2D eigenvalue weighted by molar-refractivity contribution is -0.106. The van der Waals surface area contributed by atoms with Crippen molar-refractivity contribution in [3.05, 3.63) is 59.4 Å². The molecule has 2 aromatic carbocycles. The van der Waals surface area contributed by atoms with Gasteiger partial charge in [0.25, 0.3) is 0 Å². The zero-order valence-electron chi connectivity index (χ0n) is 17.1. The number of unbranched alkanes of at least 4 members (excludes halogenated alkanes) is 1. The summed E-state index contributed by atoms with van der Waals surface area (Å²) in [5.74, 6) is 0.294. The SMILES string of the molecule is CNc1cccc2c1N(CC=O)C1CCN(CCCCc3ccc(F)cc3)CC21. The minimum absolute atomic E-state index is 0.168. The highest BCUT2D eigenvalue weighted by atomic mass is 19.1. The third-order valence-electron chi connectivity index (χ3n) is 6.46. The van der Waals surface area contributed by atoms with Crippen molar-refractivity contribution in [3.8, 4) is 0 Å². The summed E-state index contributed by atoms with van der Waals surface area (Å²) in [5.41, 5.74) is 4.92. The summed E-state index contributed by atoms with van der Waals surface area (Å²) in [6.07, 6.45) is 5.39. The maximum Gasteiger partial charge on any atom is 0.139 e. The molecular formula is C24H30FN3O. The fraction of sp³-hybridized carbons (Fsp3) is 0.458. The molecule has 0 spiro atoms. The first-order chi connectivity index (χ1) is 14.2. The van der Waals surface area contributed by atoms with Crippen molar-refractivity contribution in [1.29, 1.82) is 0 Å². The number of fused-ring (bicyclic) bond motifs is 3. The highest BCUT2D eigenvalue weighted by Crippen LogP contribution is 2.47. The number of nitrogens with one attached hydrogen (secondary N) is 1. The number of anilines is 2. The first-order valence-electron chi connectivity index (χ1n) is 10.7. The number of aryl methyl sites for hydroxylation is 1. The van der Waals surface area contributed by atoms with Gasteiger partial charge in [-0.3, -0.25) is 0 Å². The van der Waals surface area contributed by atoms with Gasteiger partial charge >= 0.3 is 0 Å². The van der Waals surface area contributed by atoms with Crippen molar-refractivity contribution in [2.24, 2.45) is 0 Å². The smallest absolute Gasteiger partial charge is 0.139 e. The van der Waals surface area contributed by atoms with E-state index in [-0.39, 0.29) is 5.82 Å². The van der Waals surface area contributed by atoms with Gasteiger partial charge in [0.05, 0.1) is 17.9 Å². The minimum atomic E-state index is -0.168. The minimum Gasteiger partial charge on any atom is -0.386 e. The number of rotatable bonds is 8. The summed E-state index contributed by atoms with van der Waals surface area (Å²) in [7, 11) is 1.95. The van der Waals surface area contributed by atoms with Crippen LogP contribution < -0.4 is 10.2 Å². The predicted octanol–water partition coefficient (Wildman–Crippen LogP) is 4.07. The van der Waals surface area contributed by atoms with Crippen LogP contribution in [0.15, 0.2) is 42.5 Å². The van der Waals surface area contributed by atoms with Crippen LogP contribution >= 0.6 is 0 Å². The highest BCUT2D eigenvalue weighted by Gasteiger charge is 2.42. The van der Waals surface area contributed by atoms with Crippen molar-refractivity contribution in [3.63, 3.8) is 0 Å². The molecule has 29 heavy (non-hydrogen) atoms. The fourth-order valence-corrected chi connectivity index (χ4v) is 5.06. The molecule has 0 bridgehead atoms. The number of hydrogen-bond donors (Lipinski definition) is 1. The van der Waals surface area contributed by atoms with E-state index in [9.17, 15) is 9.18 Å². The zero-order valence-corrected chi connectivity index (χ0v) is 17.1. The molecule has 0 aromatic heterocycles. The standard InChI is InChI=1S/C24H30FN3O/c1-26-22-7-4-6-20-21-17-27(14-12-23(21)28(15-16-29)24(20)22)13-3-2-5-18-8-10-19(25)11-9-18/h4,6-11,16,21,23,26H,2-3,5,12-15,17H2,1H3. The maximum atomic E-state index is 13.0. The Kier molecular flexibility index (Phi) is 6.14. The average Bonchev–Trinajstić information content (AvgIpc) is 3.06. The molecule has 2 unspecified atom stereocenters. The van der Waals surface area contributed by atoms with E-state index in [2.05, 4.69) is 33.3 Å². The van der Waals surface area contributed by atoms with E-state index in [1.54, 1.807) is 12.1 Å². The Labute approximate surface area is 172 Å². The second kappa shape index (κ2) is 8.95. The van der Waals surface area contributed by atoms with Crippen molar-refractivity contribution in [1.82, 2.24) is 4.90 Å². The Hall–Kier alpha value is -2.40. The van der Waals surface area contributed by atoms with Crippen LogP contribution in [0.3, 0.4) is 0 Å². The van der Waals surface area contributed by atoms with Gasteiger partial charge in [-0.05, 0) is 61.6 Å². The number of likely N-dealkylation sites (tertiary alicyclic amines) is 1. The Balaban J connectivity index is 1.37. The average molecular weight is 396 g/mol. The number of para-hydroxylation sites is 1. The normalized spacial score (nSPS) is 21.0. The Morgan fingerprint density at radius 2 is 2.00 bits per heavy atom. The van der Waals surface area contributed by atoms with E-state index < -0.39 is 0 Å². The molecule has 1 N–H and O–H groups in total. The molecule has 0 aliphatic carbocycles. The van der Waals surface area contributed by atoms with E-state index >= 15 is 0 Å². The first kappa shape index (κ1) is 19.9. The third-order valence-corrected chi connectivity index (χ3v) is 6.46. The van der Waals surface area contributed by atoms with Crippen LogP contribution in [0, 0.1) is 5.82 Å². The molecule has 4 nitrogen and oxygen atoms in total. The van der Waals surface area contributed by atoms with Crippen molar-refractivity contribution < 1.29 is 9.18 Å². The molecule has 2 aromatic rings. The molecule has 2 aliphatic rings. The van der Waals surface area contributed by atoms with E-state index in [0.717, 1.165) is 57.3 Å². The number of aldehydes is 1. The van der Waals surface area contributed by atoms with Crippen molar-refractivity contribution in [2.75, 3.05) is 43.4 Å². The lowest BCUT2D eigenvalue weighted by Crippen LogP contribution is -2.47. The van der Waals surface area contributed by atoms with Crippen LogP contribution in [0.25, 0.3) is 0 Å². The van der Waals surface area contributed by atoms with E-state index in [0.29, 0.717) is 18.5 Å². The number of piperidine rings is 1. The largest absolute Gasteiger partial charge is 0.386 e. The number of carbonyl (C=O) groups excluding carboxylic acids is 1. The Bertz CT molecular complexity index is 839. The zero-order chi connectivity index (χ0) is 20.2. The highest BCUT2D eigenvalue weighted by molar-refractivity contribution is 5.80. The van der Waals surface area contributed by atoms with Crippen LogP contribution in [-0.2, 0) is 11.2 Å². The molecule has 1 fully saturated rings. The molecule has 0 amide bonds. The summed E-state index contributed by atoms with van der Waals surface area (Å²) in [6, 6.07) is 13.7. The van der Waals surface area contributed by atoms with Gasteiger partial charge in [-0.15, -0.1) is 0 Å². The van der Waals surface area contributed by atoms with Crippen molar-refractivity contribution in [2.45, 2.75) is 37.6 Å². The van der Waals surface area contributed by atoms with E-state index in [1.165, 1.54) is 16.8 Å². The second-order valence-electron chi connectivity index (χ2n) is 8.16. The maximum absolute atomic E-state index is 13.0. The molecule has 1 saturated heterocycles. The van der Waals surface area contributed by atoms with Gasteiger partial charge in [-0.2, -0.15) is 0 Å². The molecule has 0 saturated carbocycles. The first-order valence-corrected chi connectivity index (χ1v) is 10.7. The number of halogens is 1. The van der Waals surface area contributed by atoms with Gasteiger partial charge in [0, 0.05) is 32.1 Å². The van der Waals surface area contributed by atoms with Gasteiger partial charge in [0.2, 0.25) is 0 Å². The monoisotopic (exact) mass is 395 g/mol. The molecule has 154 valence electrons. The number of carbonyl (C=O) groups is 1. The summed E-state index contributed by atoms with van der Waals surface area (Å²) in [4.78, 5) is 16.2. The Morgan fingerprint density at radius 3 is 2.76 bits per heavy atom. The lowest BCUT2D eigenvalue weighted by atomic mass is 9.89.